The van der Waals surface area contributed by atoms with Crippen molar-refractivity contribution in [2.45, 2.75) is 12.8 Å². The largest absolute Gasteiger partial charge is 0.465 e. The Bertz CT molecular complexity index is 490. The zero-order chi connectivity index (χ0) is 13.7. The predicted molar refractivity (Wildman–Crippen MR) is 71.8 cm³/mol. The summed E-state index contributed by atoms with van der Waals surface area (Å²) in [6.45, 7) is 0. The molecule has 5 heteroatoms. The van der Waals surface area contributed by atoms with Crippen molar-refractivity contribution in [3.05, 3.63) is 42.1 Å². The molecule has 1 saturated carbocycles. The standard InChI is InChI=1S/C14H16N2O3/c1-19-13(17)11-4-6-12(7-5-11)16-14(18)15-9-8-10-2-3-10/h4-10H,2-3H2,1H3,(H2,15,16,18)/b9-8+. The molecule has 2 N–H and O–H groups in total. The number of benzene rings is 1. The lowest BCUT2D eigenvalue weighted by atomic mass is 10.2. The quantitative estimate of drug-likeness (QED) is 0.817. The van der Waals surface area contributed by atoms with Crippen molar-refractivity contribution in [1.29, 1.82) is 0 Å². The third-order valence-corrected chi connectivity index (χ3v) is 2.77. The molecule has 19 heavy (non-hydrogen) atoms. The number of ether oxygens (including phenoxy) is 1. The molecular formula is C14H16N2O3. The first-order chi connectivity index (χ1) is 9.19. The van der Waals surface area contributed by atoms with Crippen LogP contribution in [-0.4, -0.2) is 19.1 Å². The molecule has 0 aliphatic heterocycles. The summed E-state index contributed by atoms with van der Waals surface area (Å²) in [4.78, 5) is 22.8. The van der Waals surface area contributed by atoms with Gasteiger partial charge < -0.3 is 15.4 Å². The smallest absolute Gasteiger partial charge is 0.337 e. The number of carbonyl (C=O) groups excluding carboxylic acids is 2. The number of rotatable bonds is 4. The summed E-state index contributed by atoms with van der Waals surface area (Å²) < 4.78 is 4.59. The molecule has 100 valence electrons. The minimum absolute atomic E-state index is 0.303. The van der Waals surface area contributed by atoms with Gasteiger partial charge in [-0.2, -0.15) is 0 Å². The molecule has 0 radical (unpaired) electrons. The van der Waals surface area contributed by atoms with Crippen LogP contribution in [0.5, 0.6) is 0 Å². The summed E-state index contributed by atoms with van der Waals surface area (Å²) in [5, 5.41) is 5.30. The van der Waals surface area contributed by atoms with Crippen molar-refractivity contribution >= 4 is 17.7 Å². The molecule has 5 nitrogen and oxygen atoms in total. The zero-order valence-corrected chi connectivity index (χ0v) is 10.7. The molecule has 0 aromatic heterocycles. The fourth-order valence-electron chi connectivity index (χ4n) is 1.52. The van der Waals surface area contributed by atoms with E-state index in [1.165, 1.54) is 20.0 Å². The van der Waals surface area contributed by atoms with E-state index in [0.29, 0.717) is 17.2 Å². The molecule has 1 aromatic carbocycles. The Hall–Kier alpha value is -2.30. The number of anilines is 1. The van der Waals surface area contributed by atoms with Crippen molar-refractivity contribution in [2.24, 2.45) is 5.92 Å². The molecule has 0 spiro atoms. The first-order valence-corrected chi connectivity index (χ1v) is 6.11. The first kappa shape index (κ1) is 13.1. The van der Waals surface area contributed by atoms with Gasteiger partial charge in [0, 0.05) is 11.9 Å². The number of amides is 2. The average molecular weight is 260 g/mol. The molecule has 1 aliphatic carbocycles. The second-order valence-corrected chi connectivity index (χ2v) is 4.36. The van der Waals surface area contributed by atoms with Crippen molar-refractivity contribution in [2.75, 3.05) is 12.4 Å². The van der Waals surface area contributed by atoms with E-state index in [4.69, 9.17) is 0 Å². The molecule has 0 heterocycles. The highest BCUT2D eigenvalue weighted by Gasteiger charge is 2.17. The van der Waals surface area contributed by atoms with Gasteiger partial charge in [0.25, 0.3) is 0 Å². The van der Waals surface area contributed by atoms with Gasteiger partial charge >= 0.3 is 12.0 Å². The van der Waals surface area contributed by atoms with Gasteiger partial charge in [0.15, 0.2) is 0 Å². The SMILES string of the molecule is COC(=O)c1ccc(NC(=O)N/C=C/C2CC2)cc1. The first-order valence-electron chi connectivity index (χ1n) is 6.11. The minimum atomic E-state index is -0.400. The Morgan fingerprint density at radius 2 is 1.95 bits per heavy atom. The summed E-state index contributed by atoms with van der Waals surface area (Å²) >= 11 is 0. The zero-order valence-electron chi connectivity index (χ0n) is 10.7. The van der Waals surface area contributed by atoms with E-state index in [-0.39, 0.29) is 6.03 Å². The molecule has 1 aliphatic rings. The van der Waals surface area contributed by atoms with Crippen LogP contribution >= 0.6 is 0 Å². The number of allylic oxidation sites excluding steroid dienone is 1. The Morgan fingerprint density at radius 3 is 2.53 bits per heavy atom. The second-order valence-electron chi connectivity index (χ2n) is 4.36. The van der Waals surface area contributed by atoms with E-state index in [2.05, 4.69) is 15.4 Å². The van der Waals surface area contributed by atoms with E-state index in [1.807, 2.05) is 6.08 Å². The highest BCUT2D eigenvalue weighted by molar-refractivity contribution is 5.92. The van der Waals surface area contributed by atoms with E-state index >= 15 is 0 Å². The predicted octanol–water partition coefficient (Wildman–Crippen LogP) is 2.52. The lowest BCUT2D eigenvalue weighted by molar-refractivity contribution is 0.0601. The maximum atomic E-state index is 11.5. The van der Waals surface area contributed by atoms with Gasteiger partial charge in [-0.1, -0.05) is 6.08 Å². The third kappa shape index (κ3) is 4.13. The number of carbonyl (C=O) groups is 2. The maximum Gasteiger partial charge on any atom is 0.337 e. The Labute approximate surface area is 111 Å². The summed E-state index contributed by atoms with van der Waals surface area (Å²) in [7, 11) is 1.33. The minimum Gasteiger partial charge on any atom is -0.465 e. The summed E-state index contributed by atoms with van der Waals surface area (Å²) in [5.41, 5.74) is 1.06. The number of esters is 1. The van der Waals surface area contributed by atoms with Gasteiger partial charge in [0.2, 0.25) is 0 Å². The highest BCUT2D eigenvalue weighted by Crippen LogP contribution is 2.29. The second kappa shape index (κ2) is 6.04. The number of urea groups is 1. The lowest BCUT2D eigenvalue weighted by Crippen LogP contribution is -2.23. The third-order valence-electron chi connectivity index (χ3n) is 2.77. The number of methoxy groups -OCH3 is 1. The van der Waals surface area contributed by atoms with Crippen molar-refractivity contribution < 1.29 is 14.3 Å². The molecule has 1 aromatic rings. The number of hydrogen-bond donors (Lipinski definition) is 2. The van der Waals surface area contributed by atoms with Crippen LogP contribution in [0.4, 0.5) is 10.5 Å². The summed E-state index contributed by atoms with van der Waals surface area (Å²) in [5.74, 6) is 0.225. The molecular weight excluding hydrogens is 244 g/mol. The Morgan fingerprint density at radius 1 is 1.26 bits per heavy atom. The lowest BCUT2D eigenvalue weighted by Gasteiger charge is -2.05. The molecule has 2 amide bonds. The van der Waals surface area contributed by atoms with E-state index in [1.54, 1.807) is 30.5 Å². The van der Waals surface area contributed by atoms with Crippen LogP contribution in [-0.2, 0) is 4.74 Å². The van der Waals surface area contributed by atoms with Gasteiger partial charge in [0.1, 0.15) is 0 Å². The summed E-state index contributed by atoms with van der Waals surface area (Å²) in [6, 6.07) is 6.19. The van der Waals surface area contributed by atoms with E-state index in [9.17, 15) is 9.59 Å². The van der Waals surface area contributed by atoms with E-state index < -0.39 is 5.97 Å². The molecule has 0 atom stereocenters. The molecule has 0 saturated heterocycles. The normalized spacial score (nSPS) is 14.2. The molecule has 0 unspecified atom stereocenters. The fraction of sp³-hybridized carbons (Fsp3) is 0.286. The monoisotopic (exact) mass is 260 g/mol. The van der Waals surface area contributed by atoms with Crippen molar-refractivity contribution in [1.82, 2.24) is 5.32 Å². The van der Waals surface area contributed by atoms with Crippen LogP contribution < -0.4 is 10.6 Å². The van der Waals surface area contributed by atoms with Crippen molar-refractivity contribution in [3.63, 3.8) is 0 Å². The van der Waals surface area contributed by atoms with Gasteiger partial charge in [0.05, 0.1) is 12.7 Å². The number of hydrogen-bond acceptors (Lipinski definition) is 3. The molecule has 1 fully saturated rings. The Balaban J connectivity index is 1.84. The van der Waals surface area contributed by atoms with Gasteiger partial charge in [-0.05, 0) is 43.0 Å². The number of nitrogens with one attached hydrogen (secondary N) is 2. The van der Waals surface area contributed by atoms with Crippen molar-refractivity contribution in [3.8, 4) is 0 Å². The van der Waals surface area contributed by atoms with E-state index in [0.717, 1.165) is 0 Å². The molecule has 0 bridgehead atoms. The van der Waals surface area contributed by atoms with Crippen LogP contribution in [0.2, 0.25) is 0 Å². The Kier molecular flexibility index (Phi) is 4.18. The topological polar surface area (TPSA) is 67.4 Å². The van der Waals surface area contributed by atoms with Gasteiger partial charge in [-0.3, -0.25) is 0 Å². The van der Waals surface area contributed by atoms with Crippen LogP contribution in [0.3, 0.4) is 0 Å². The van der Waals surface area contributed by atoms with Gasteiger partial charge in [-0.15, -0.1) is 0 Å². The average Bonchev–Trinajstić information content (AvgIpc) is 3.23. The molecule has 2 rings (SSSR count). The van der Waals surface area contributed by atoms with Crippen LogP contribution in [0, 0.1) is 5.92 Å². The van der Waals surface area contributed by atoms with Crippen LogP contribution in [0.25, 0.3) is 0 Å². The fourth-order valence-corrected chi connectivity index (χ4v) is 1.52. The van der Waals surface area contributed by atoms with Gasteiger partial charge in [-0.25, -0.2) is 9.59 Å². The maximum absolute atomic E-state index is 11.5. The summed E-state index contributed by atoms with van der Waals surface area (Å²) in [6.07, 6.45) is 6.05. The highest BCUT2D eigenvalue weighted by atomic mass is 16.5. The van der Waals surface area contributed by atoms with Crippen LogP contribution in [0.1, 0.15) is 23.2 Å². The van der Waals surface area contributed by atoms with Crippen LogP contribution in [0.15, 0.2) is 36.5 Å².